The van der Waals surface area contributed by atoms with Crippen LogP contribution in [0.1, 0.15) is 29.9 Å². The van der Waals surface area contributed by atoms with Crippen LogP contribution in [0.15, 0.2) is 18.3 Å². The van der Waals surface area contributed by atoms with E-state index in [2.05, 4.69) is 16.2 Å². The quantitative estimate of drug-likeness (QED) is 0.748. The highest BCUT2D eigenvalue weighted by molar-refractivity contribution is 5.93. The van der Waals surface area contributed by atoms with E-state index < -0.39 is 5.54 Å². The van der Waals surface area contributed by atoms with Crippen molar-refractivity contribution in [2.45, 2.75) is 19.4 Å². The molecule has 0 unspecified atom stereocenters. The van der Waals surface area contributed by atoms with Crippen LogP contribution in [-0.2, 0) is 0 Å². The molecule has 0 aliphatic heterocycles. The van der Waals surface area contributed by atoms with Gasteiger partial charge in [-0.05, 0) is 26.0 Å². The summed E-state index contributed by atoms with van der Waals surface area (Å²) in [4.78, 5) is 15.5. The number of hydrogen-bond donors (Lipinski definition) is 1. The van der Waals surface area contributed by atoms with Gasteiger partial charge in [-0.25, -0.2) is 4.98 Å². The number of nitrogens with one attached hydrogen (secondary N) is 1. The van der Waals surface area contributed by atoms with Gasteiger partial charge < -0.3 is 5.32 Å². The van der Waals surface area contributed by atoms with E-state index in [1.165, 1.54) is 18.3 Å². The highest BCUT2D eigenvalue weighted by atomic mass is 16.2. The van der Waals surface area contributed by atoms with Crippen molar-refractivity contribution in [3.8, 4) is 18.4 Å². The van der Waals surface area contributed by atoms with Gasteiger partial charge in [-0.1, -0.05) is 5.92 Å². The van der Waals surface area contributed by atoms with Crippen molar-refractivity contribution in [2.75, 3.05) is 0 Å². The summed E-state index contributed by atoms with van der Waals surface area (Å²) in [5, 5.41) is 11.2. The summed E-state index contributed by atoms with van der Waals surface area (Å²) in [7, 11) is 0. The monoisotopic (exact) mass is 213 g/mol. The molecule has 16 heavy (non-hydrogen) atoms. The molecule has 0 atom stereocenters. The minimum absolute atomic E-state index is 0.238. The zero-order chi connectivity index (χ0) is 12.2. The van der Waals surface area contributed by atoms with Crippen LogP contribution < -0.4 is 5.32 Å². The molecule has 1 aromatic rings. The number of carbonyl (C=O) groups excluding carboxylic acids is 1. The fraction of sp³-hybridized carbons (Fsp3) is 0.250. The Labute approximate surface area is 94.3 Å². The lowest BCUT2D eigenvalue weighted by Gasteiger charge is -2.18. The molecule has 0 bridgehead atoms. The summed E-state index contributed by atoms with van der Waals surface area (Å²) in [6.45, 7) is 3.43. The molecule has 0 aliphatic rings. The molecule has 0 spiro atoms. The normalized spacial score (nSPS) is 10.0. The first-order valence-corrected chi connectivity index (χ1v) is 4.65. The van der Waals surface area contributed by atoms with Gasteiger partial charge in [0.15, 0.2) is 0 Å². The highest BCUT2D eigenvalue weighted by Gasteiger charge is 2.18. The van der Waals surface area contributed by atoms with Crippen LogP contribution in [0.2, 0.25) is 0 Å². The molecular weight excluding hydrogens is 202 g/mol. The summed E-state index contributed by atoms with van der Waals surface area (Å²) >= 11 is 0. The zero-order valence-corrected chi connectivity index (χ0v) is 9.11. The molecule has 0 radical (unpaired) electrons. The van der Waals surface area contributed by atoms with Gasteiger partial charge >= 0.3 is 0 Å². The second-order valence-corrected chi connectivity index (χ2v) is 3.77. The Hall–Kier alpha value is -2.33. The topological polar surface area (TPSA) is 65.8 Å². The van der Waals surface area contributed by atoms with Gasteiger partial charge in [0.25, 0.3) is 5.91 Å². The Kier molecular flexibility index (Phi) is 3.27. The summed E-state index contributed by atoms with van der Waals surface area (Å²) in [5.41, 5.74) is -0.0674. The van der Waals surface area contributed by atoms with Crippen molar-refractivity contribution >= 4 is 5.91 Å². The number of carbonyl (C=O) groups is 1. The van der Waals surface area contributed by atoms with Gasteiger partial charge in [-0.3, -0.25) is 4.79 Å². The summed E-state index contributed by atoms with van der Waals surface area (Å²) in [5.74, 6) is 2.10. The third-order valence-corrected chi connectivity index (χ3v) is 1.91. The van der Waals surface area contributed by atoms with E-state index in [0.29, 0.717) is 5.56 Å². The molecule has 1 N–H and O–H groups in total. The minimum Gasteiger partial charge on any atom is -0.335 e. The van der Waals surface area contributed by atoms with Gasteiger partial charge in [0.05, 0.1) is 11.1 Å². The lowest BCUT2D eigenvalue weighted by atomic mass is 10.1. The molecule has 80 valence electrons. The second kappa shape index (κ2) is 4.46. The maximum Gasteiger partial charge on any atom is 0.271 e. The summed E-state index contributed by atoms with van der Waals surface area (Å²) in [6, 6.07) is 4.95. The van der Waals surface area contributed by atoms with Gasteiger partial charge in [0, 0.05) is 6.20 Å². The molecule has 1 amide bonds. The van der Waals surface area contributed by atoms with Crippen LogP contribution in [-0.4, -0.2) is 16.4 Å². The Balaban J connectivity index is 2.83. The van der Waals surface area contributed by atoms with Crippen LogP contribution >= 0.6 is 0 Å². The van der Waals surface area contributed by atoms with Gasteiger partial charge in [0.2, 0.25) is 0 Å². The van der Waals surface area contributed by atoms with E-state index in [9.17, 15) is 4.79 Å². The summed E-state index contributed by atoms with van der Waals surface area (Å²) < 4.78 is 0. The van der Waals surface area contributed by atoms with Crippen molar-refractivity contribution in [3.63, 3.8) is 0 Å². The Morgan fingerprint density at radius 2 is 2.25 bits per heavy atom. The van der Waals surface area contributed by atoms with Gasteiger partial charge in [0.1, 0.15) is 11.8 Å². The van der Waals surface area contributed by atoms with Crippen LogP contribution in [0, 0.1) is 23.7 Å². The average Bonchev–Trinajstić information content (AvgIpc) is 2.28. The van der Waals surface area contributed by atoms with Crippen LogP contribution in [0.25, 0.3) is 0 Å². The molecule has 0 saturated carbocycles. The van der Waals surface area contributed by atoms with Crippen LogP contribution in [0.3, 0.4) is 0 Å². The number of pyridine rings is 1. The third kappa shape index (κ3) is 2.83. The van der Waals surface area contributed by atoms with E-state index in [-0.39, 0.29) is 11.6 Å². The molecule has 0 aromatic carbocycles. The number of terminal acetylenes is 1. The fourth-order valence-electron chi connectivity index (χ4n) is 0.978. The fourth-order valence-corrected chi connectivity index (χ4v) is 0.978. The van der Waals surface area contributed by atoms with E-state index in [4.69, 9.17) is 11.7 Å². The maximum atomic E-state index is 11.7. The van der Waals surface area contributed by atoms with Gasteiger partial charge in [-0.15, -0.1) is 6.42 Å². The van der Waals surface area contributed by atoms with Crippen molar-refractivity contribution in [1.29, 1.82) is 5.26 Å². The molecule has 1 rings (SSSR count). The third-order valence-electron chi connectivity index (χ3n) is 1.91. The first-order valence-electron chi connectivity index (χ1n) is 4.65. The number of aromatic nitrogens is 1. The SMILES string of the molecule is C#CC(C)(C)NC(=O)c1ccc(C#N)cn1. The number of amides is 1. The Bertz CT molecular complexity index is 474. The minimum atomic E-state index is -0.716. The lowest BCUT2D eigenvalue weighted by Crippen LogP contribution is -2.42. The predicted molar refractivity (Wildman–Crippen MR) is 59.3 cm³/mol. The number of rotatable bonds is 2. The van der Waals surface area contributed by atoms with Crippen molar-refractivity contribution in [1.82, 2.24) is 10.3 Å². The van der Waals surface area contributed by atoms with E-state index in [1.54, 1.807) is 13.8 Å². The van der Waals surface area contributed by atoms with E-state index in [1.807, 2.05) is 6.07 Å². The largest absolute Gasteiger partial charge is 0.335 e. The highest BCUT2D eigenvalue weighted by Crippen LogP contribution is 2.03. The van der Waals surface area contributed by atoms with Gasteiger partial charge in [-0.2, -0.15) is 5.26 Å². The number of hydrogen-bond acceptors (Lipinski definition) is 3. The molecule has 1 aromatic heterocycles. The molecule has 0 aliphatic carbocycles. The maximum absolute atomic E-state index is 11.7. The van der Waals surface area contributed by atoms with Crippen molar-refractivity contribution in [3.05, 3.63) is 29.6 Å². The lowest BCUT2D eigenvalue weighted by molar-refractivity contribution is 0.0925. The summed E-state index contributed by atoms with van der Waals surface area (Å²) in [6.07, 6.45) is 6.60. The molecular formula is C12H11N3O. The van der Waals surface area contributed by atoms with E-state index >= 15 is 0 Å². The first-order chi connectivity index (χ1) is 7.48. The van der Waals surface area contributed by atoms with Crippen LogP contribution in [0.4, 0.5) is 0 Å². The Morgan fingerprint density at radius 1 is 1.56 bits per heavy atom. The average molecular weight is 213 g/mol. The van der Waals surface area contributed by atoms with E-state index in [0.717, 1.165) is 0 Å². The molecule has 0 saturated heterocycles. The predicted octanol–water partition coefficient (Wildman–Crippen LogP) is 1.09. The second-order valence-electron chi connectivity index (χ2n) is 3.77. The first kappa shape index (κ1) is 11.7. The smallest absolute Gasteiger partial charge is 0.271 e. The van der Waals surface area contributed by atoms with Crippen molar-refractivity contribution in [2.24, 2.45) is 0 Å². The number of nitrogens with zero attached hydrogens (tertiary/aromatic N) is 2. The zero-order valence-electron chi connectivity index (χ0n) is 9.11. The standard InChI is InChI=1S/C12H11N3O/c1-4-12(2,3)15-11(16)10-6-5-9(7-13)8-14-10/h1,5-6,8H,2-3H3,(H,15,16). The molecule has 4 nitrogen and oxygen atoms in total. The van der Waals surface area contributed by atoms with Crippen molar-refractivity contribution < 1.29 is 4.79 Å². The molecule has 1 heterocycles. The molecule has 4 heteroatoms. The Morgan fingerprint density at radius 3 is 2.69 bits per heavy atom. The molecule has 0 fully saturated rings. The van der Waals surface area contributed by atoms with Crippen LogP contribution in [0.5, 0.6) is 0 Å². The number of nitriles is 1.